The average molecular weight is 506 g/mol. The molecule has 1 heterocycles. The fourth-order valence-electron chi connectivity index (χ4n) is 3.26. The topological polar surface area (TPSA) is 114 Å². The van der Waals surface area contributed by atoms with Gasteiger partial charge in [0.15, 0.2) is 0 Å². The Morgan fingerprint density at radius 3 is 2.54 bits per heavy atom. The lowest BCUT2D eigenvalue weighted by Gasteiger charge is -2.06. The lowest BCUT2D eigenvalue weighted by Crippen LogP contribution is -2.34. The van der Waals surface area contributed by atoms with Crippen LogP contribution in [0.2, 0.25) is 5.02 Å². The molecule has 1 aromatic heterocycles. The molecule has 0 saturated heterocycles. The average Bonchev–Trinajstić information content (AvgIpc) is 3.28. The number of H-pyrrole nitrogens is 1. The summed E-state index contributed by atoms with van der Waals surface area (Å²) in [5, 5.41) is 23.7. The lowest BCUT2D eigenvalue weighted by atomic mass is 10.1. The maximum atomic E-state index is 12.4. The number of halogens is 1. The number of hydrogen-bond donors (Lipinski definition) is 2. The molecule has 0 radical (unpaired) electrons. The summed E-state index contributed by atoms with van der Waals surface area (Å²) in [6, 6.07) is 21.6. The van der Waals surface area contributed by atoms with Gasteiger partial charge in [0.2, 0.25) is 0 Å². The van der Waals surface area contributed by atoms with Crippen LogP contribution in [0.25, 0.3) is 17.1 Å². The van der Waals surface area contributed by atoms with Crippen LogP contribution >= 0.6 is 23.4 Å². The predicted octanol–water partition coefficient (Wildman–Crippen LogP) is 2.92. The third-order valence-electron chi connectivity index (χ3n) is 4.99. The van der Waals surface area contributed by atoms with E-state index in [1.54, 1.807) is 30.3 Å². The molecule has 0 spiro atoms. The first-order valence-corrected chi connectivity index (χ1v) is 11.9. The van der Waals surface area contributed by atoms with Crippen LogP contribution in [-0.2, 0) is 4.79 Å². The molecular weight excluding hydrogens is 486 g/mol. The molecular formula is C25H20ClN5O3S. The largest absolute Gasteiger partial charge is 0.545 e. The summed E-state index contributed by atoms with van der Waals surface area (Å²) < 4.78 is 1.91. The predicted molar refractivity (Wildman–Crippen MR) is 133 cm³/mol. The number of benzene rings is 3. The number of aromatic amines is 1. The molecule has 0 unspecified atom stereocenters. The minimum Gasteiger partial charge on any atom is -0.545 e. The standard InChI is InChI=1S/C25H20ClN5O3S/c1-16-6-8-17(9-7-16)23-29-30-25(31(23)20-12-10-19(26)11-13-20)35-15-22(32)28-27-14-18-4-2-3-5-21(18)24(33)34/h2-14H,15H2,1H3,(H2,28,32,33,34). The van der Waals surface area contributed by atoms with Crippen molar-refractivity contribution in [2.75, 3.05) is 5.75 Å². The van der Waals surface area contributed by atoms with Crippen molar-refractivity contribution < 1.29 is 19.3 Å². The summed E-state index contributed by atoms with van der Waals surface area (Å²) in [4.78, 5) is 23.6. The quantitative estimate of drug-likeness (QED) is 0.165. The maximum absolute atomic E-state index is 12.4. The van der Waals surface area contributed by atoms with Gasteiger partial charge in [0, 0.05) is 16.1 Å². The zero-order valence-corrected chi connectivity index (χ0v) is 20.1. The number of hydrogen-bond acceptors (Lipinski definition) is 6. The molecule has 8 nitrogen and oxygen atoms in total. The number of carboxylic acid groups (broad SMARTS) is 1. The van der Waals surface area contributed by atoms with E-state index in [1.165, 1.54) is 24.0 Å². The monoisotopic (exact) mass is 505 g/mol. The molecule has 0 aliphatic heterocycles. The van der Waals surface area contributed by atoms with Gasteiger partial charge in [0.25, 0.3) is 11.7 Å². The number of hydrazone groups is 1. The van der Waals surface area contributed by atoms with Crippen LogP contribution in [0.5, 0.6) is 0 Å². The summed E-state index contributed by atoms with van der Waals surface area (Å²) in [6.07, 6.45) is 1.27. The number of aromatic nitrogens is 3. The van der Waals surface area contributed by atoms with Crippen LogP contribution in [-0.4, -0.2) is 34.0 Å². The molecule has 0 aliphatic rings. The third kappa shape index (κ3) is 5.95. The molecule has 10 heteroatoms. The highest BCUT2D eigenvalue weighted by atomic mass is 35.5. The smallest absolute Gasteiger partial charge is 0.342 e. The molecule has 2 N–H and O–H groups in total. The second-order valence-corrected chi connectivity index (χ2v) is 8.87. The second-order valence-electron chi connectivity index (χ2n) is 7.49. The van der Waals surface area contributed by atoms with Gasteiger partial charge in [-0.3, -0.25) is 4.79 Å². The maximum Gasteiger partial charge on any atom is 0.342 e. The Labute approximate surface area is 210 Å². The minimum absolute atomic E-state index is 0.0101. The first kappa shape index (κ1) is 24.2. The Bertz CT molecular complexity index is 1390. The number of amides is 1. The molecule has 0 saturated carbocycles. The van der Waals surface area contributed by atoms with Gasteiger partial charge in [-0.15, -0.1) is 5.10 Å². The van der Waals surface area contributed by atoms with Crippen LogP contribution in [0, 0.1) is 6.92 Å². The van der Waals surface area contributed by atoms with Crippen molar-refractivity contribution >= 4 is 41.5 Å². The number of nitrogens with one attached hydrogen (secondary N) is 2. The number of aryl methyl sites for hydroxylation is 1. The van der Waals surface area contributed by atoms with Gasteiger partial charge in [0.1, 0.15) is 5.69 Å². The third-order valence-corrected chi connectivity index (χ3v) is 6.18. The normalized spacial score (nSPS) is 11.0. The van der Waals surface area contributed by atoms with Crippen molar-refractivity contribution in [3.8, 4) is 17.1 Å². The van der Waals surface area contributed by atoms with E-state index in [0.29, 0.717) is 15.7 Å². The SMILES string of the molecule is Cc1ccc(-c2[nH]nc(SCC(=O)NN=Cc3ccccc3C(=O)[O-])[n+]2-c2ccc(Cl)cc2)cc1. The van der Waals surface area contributed by atoms with E-state index in [1.807, 2.05) is 47.9 Å². The Hall–Kier alpha value is -3.95. The molecule has 4 rings (SSSR count). The van der Waals surface area contributed by atoms with E-state index in [4.69, 9.17) is 11.6 Å². The highest BCUT2D eigenvalue weighted by molar-refractivity contribution is 7.99. The van der Waals surface area contributed by atoms with Gasteiger partial charge < -0.3 is 9.90 Å². The molecule has 1 amide bonds. The zero-order chi connectivity index (χ0) is 24.8. The van der Waals surface area contributed by atoms with Crippen molar-refractivity contribution in [2.45, 2.75) is 12.1 Å². The molecule has 0 atom stereocenters. The summed E-state index contributed by atoms with van der Waals surface area (Å²) in [5.41, 5.74) is 5.64. The lowest BCUT2D eigenvalue weighted by molar-refractivity contribution is -0.625. The van der Waals surface area contributed by atoms with Crippen molar-refractivity contribution in [3.05, 3.63) is 94.5 Å². The Kier molecular flexibility index (Phi) is 7.59. The molecule has 35 heavy (non-hydrogen) atoms. The molecule has 176 valence electrons. The zero-order valence-electron chi connectivity index (χ0n) is 18.6. The molecule has 3 aromatic carbocycles. The van der Waals surface area contributed by atoms with E-state index in [0.717, 1.165) is 22.6 Å². The highest BCUT2D eigenvalue weighted by Gasteiger charge is 2.24. The Balaban J connectivity index is 1.51. The van der Waals surface area contributed by atoms with Crippen molar-refractivity contribution in [2.24, 2.45) is 5.10 Å². The molecule has 0 bridgehead atoms. The van der Waals surface area contributed by atoms with Gasteiger partial charge in [-0.05, 0) is 55.1 Å². The Morgan fingerprint density at radius 2 is 1.83 bits per heavy atom. The molecule has 0 fully saturated rings. The van der Waals surface area contributed by atoms with E-state index >= 15 is 0 Å². The van der Waals surface area contributed by atoms with Crippen LogP contribution in [0.3, 0.4) is 0 Å². The summed E-state index contributed by atoms with van der Waals surface area (Å²) in [7, 11) is 0. The minimum atomic E-state index is -1.32. The van der Waals surface area contributed by atoms with E-state index < -0.39 is 5.97 Å². The summed E-state index contributed by atoms with van der Waals surface area (Å²) in [6.45, 7) is 2.02. The number of rotatable bonds is 8. The van der Waals surface area contributed by atoms with Gasteiger partial charge in [0.05, 0.1) is 28.6 Å². The highest BCUT2D eigenvalue weighted by Crippen LogP contribution is 2.21. The fourth-order valence-corrected chi connectivity index (χ4v) is 4.15. The second kappa shape index (κ2) is 11.0. The number of carbonyl (C=O) groups excluding carboxylic acids is 2. The Morgan fingerprint density at radius 1 is 1.11 bits per heavy atom. The van der Waals surface area contributed by atoms with E-state index in [-0.39, 0.29) is 17.2 Å². The summed E-state index contributed by atoms with van der Waals surface area (Å²) in [5.74, 6) is -0.902. The first-order valence-electron chi connectivity index (χ1n) is 10.5. The number of carboxylic acids is 1. The van der Waals surface area contributed by atoms with Crippen molar-refractivity contribution in [1.82, 2.24) is 15.6 Å². The van der Waals surface area contributed by atoms with Gasteiger partial charge in [-0.2, -0.15) is 9.67 Å². The number of aromatic carboxylic acids is 1. The molecule has 4 aromatic rings. The van der Waals surface area contributed by atoms with Gasteiger partial charge >= 0.3 is 5.16 Å². The van der Waals surface area contributed by atoms with Gasteiger partial charge in [-0.25, -0.2) is 5.43 Å². The van der Waals surface area contributed by atoms with Crippen LogP contribution in [0.15, 0.2) is 83.1 Å². The number of thioether (sulfide) groups is 1. The van der Waals surface area contributed by atoms with Crippen LogP contribution in [0.1, 0.15) is 21.5 Å². The first-order chi connectivity index (χ1) is 16.9. The molecule has 0 aliphatic carbocycles. The van der Waals surface area contributed by atoms with Gasteiger partial charge in [-0.1, -0.05) is 53.6 Å². The van der Waals surface area contributed by atoms with Crippen LogP contribution in [0.4, 0.5) is 0 Å². The summed E-state index contributed by atoms with van der Waals surface area (Å²) >= 11 is 7.29. The van der Waals surface area contributed by atoms with Crippen molar-refractivity contribution in [3.63, 3.8) is 0 Å². The van der Waals surface area contributed by atoms with Crippen molar-refractivity contribution in [1.29, 1.82) is 0 Å². The fraction of sp³-hybridized carbons (Fsp3) is 0.0800. The number of nitrogens with zero attached hydrogens (tertiary/aromatic N) is 3. The number of carbonyl (C=O) groups is 2. The van der Waals surface area contributed by atoms with E-state index in [9.17, 15) is 14.7 Å². The van der Waals surface area contributed by atoms with E-state index in [2.05, 4.69) is 20.7 Å². The van der Waals surface area contributed by atoms with Crippen LogP contribution < -0.4 is 15.1 Å².